The lowest BCUT2D eigenvalue weighted by Crippen LogP contribution is -2.46. The second-order valence-electron chi connectivity index (χ2n) is 9.61. The van der Waals surface area contributed by atoms with Gasteiger partial charge in [-0.1, -0.05) is 67.2 Å². The Morgan fingerprint density at radius 3 is 1.74 bits per heavy atom. The average Bonchev–Trinajstić information content (AvgIpc) is 2.73. The molecule has 0 radical (unpaired) electrons. The Hall–Kier alpha value is -2.96. The number of ether oxygens (including phenoxy) is 1. The fraction of sp³-hybridized carbons (Fsp3) is 0.429. The number of carbonyl (C=O) groups excluding carboxylic acids is 2. The Morgan fingerprint density at radius 1 is 0.824 bits per heavy atom. The van der Waals surface area contributed by atoms with Crippen LogP contribution in [0.3, 0.4) is 0 Å². The summed E-state index contributed by atoms with van der Waals surface area (Å²) in [5.74, 6) is -0.277. The van der Waals surface area contributed by atoms with Crippen molar-refractivity contribution in [3.8, 4) is 0 Å². The molecule has 184 valence electrons. The van der Waals surface area contributed by atoms with Gasteiger partial charge in [0.2, 0.25) is 5.91 Å². The van der Waals surface area contributed by atoms with Gasteiger partial charge < -0.3 is 10.1 Å². The standard InChI is InChI=1S/C28H39N3O3/c1-6-34-27(33)22-31(20-25-15-11-8-12-16-25)18-23(2)17-30(19-24-13-9-7-10-14-24)21-26(32)29-28(3,4)5/h7-16H,2,6,17-22H2,1,3-5H3,(H,29,32). The van der Waals surface area contributed by atoms with Crippen LogP contribution in [0.5, 0.6) is 0 Å². The van der Waals surface area contributed by atoms with E-state index in [9.17, 15) is 9.59 Å². The molecule has 0 aliphatic carbocycles. The van der Waals surface area contributed by atoms with E-state index < -0.39 is 0 Å². The van der Waals surface area contributed by atoms with Crippen molar-refractivity contribution < 1.29 is 14.3 Å². The summed E-state index contributed by atoms with van der Waals surface area (Å²) in [6.45, 7) is 15.1. The molecule has 2 aromatic rings. The van der Waals surface area contributed by atoms with Gasteiger partial charge in [0.1, 0.15) is 0 Å². The number of esters is 1. The van der Waals surface area contributed by atoms with E-state index in [4.69, 9.17) is 4.74 Å². The van der Waals surface area contributed by atoms with Crippen molar-refractivity contribution in [3.63, 3.8) is 0 Å². The molecule has 0 spiro atoms. The van der Waals surface area contributed by atoms with Crippen molar-refractivity contribution >= 4 is 11.9 Å². The molecule has 0 saturated carbocycles. The minimum Gasteiger partial charge on any atom is -0.465 e. The van der Waals surface area contributed by atoms with E-state index in [-0.39, 0.29) is 30.5 Å². The third-order valence-electron chi connectivity index (χ3n) is 4.93. The van der Waals surface area contributed by atoms with Crippen molar-refractivity contribution in [2.75, 3.05) is 32.8 Å². The first-order valence-electron chi connectivity index (χ1n) is 11.8. The topological polar surface area (TPSA) is 61.9 Å². The molecule has 0 fully saturated rings. The second-order valence-corrected chi connectivity index (χ2v) is 9.61. The summed E-state index contributed by atoms with van der Waals surface area (Å²) in [7, 11) is 0. The molecule has 0 saturated heterocycles. The first-order chi connectivity index (χ1) is 16.1. The molecule has 0 aliphatic heterocycles. The molecule has 0 aromatic heterocycles. The summed E-state index contributed by atoms with van der Waals surface area (Å²) >= 11 is 0. The SMILES string of the molecule is C=C(CN(CC(=O)NC(C)(C)C)Cc1ccccc1)CN(CC(=O)OCC)Cc1ccccc1. The molecule has 34 heavy (non-hydrogen) atoms. The fourth-order valence-corrected chi connectivity index (χ4v) is 3.75. The molecule has 0 bridgehead atoms. The van der Waals surface area contributed by atoms with Crippen LogP contribution in [0.4, 0.5) is 0 Å². The summed E-state index contributed by atoms with van der Waals surface area (Å²) < 4.78 is 5.18. The largest absolute Gasteiger partial charge is 0.465 e. The summed E-state index contributed by atoms with van der Waals surface area (Å²) in [4.78, 5) is 29.0. The van der Waals surface area contributed by atoms with Gasteiger partial charge in [-0.15, -0.1) is 0 Å². The zero-order valence-electron chi connectivity index (χ0n) is 21.0. The molecular weight excluding hydrogens is 426 g/mol. The number of rotatable bonds is 13. The Morgan fingerprint density at radius 2 is 1.29 bits per heavy atom. The number of hydrogen-bond acceptors (Lipinski definition) is 5. The van der Waals surface area contributed by atoms with Crippen molar-refractivity contribution in [2.24, 2.45) is 0 Å². The van der Waals surface area contributed by atoms with E-state index in [1.54, 1.807) is 0 Å². The Bertz CT molecular complexity index is 907. The van der Waals surface area contributed by atoms with Gasteiger partial charge in [0.25, 0.3) is 0 Å². The van der Waals surface area contributed by atoms with Gasteiger partial charge in [0.15, 0.2) is 0 Å². The van der Waals surface area contributed by atoms with Gasteiger partial charge in [0.05, 0.1) is 19.7 Å². The highest BCUT2D eigenvalue weighted by atomic mass is 16.5. The number of nitrogens with zero attached hydrogens (tertiary/aromatic N) is 2. The van der Waals surface area contributed by atoms with Crippen LogP contribution in [0.15, 0.2) is 72.8 Å². The third-order valence-corrected chi connectivity index (χ3v) is 4.93. The van der Waals surface area contributed by atoms with Gasteiger partial charge in [-0.2, -0.15) is 0 Å². The van der Waals surface area contributed by atoms with Crippen LogP contribution < -0.4 is 5.32 Å². The number of hydrogen-bond donors (Lipinski definition) is 1. The number of carbonyl (C=O) groups is 2. The highest BCUT2D eigenvalue weighted by molar-refractivity contribution is 5.78. The van der Waals surface area contributed by atoms with E-state index in [2.05, 4.69) is 28.9 Å². The predicted octanol–water partition coefficient (Wildman–Crippen LogP) is 4.02. The number of amides is 1. The summed E-state index contributed by atoms with van der Waals surface area (Å²) in [6, 6.07) is 20.1. The first kappa shape index (κ1) is 27.3. The third kappa shape index (κ3) is 11.3. The number of benzene rings is 2. The van der Waals surface area contributed by atoms with Crippen LogP contribution in [0.2, 0.25) is 0 Å². The summed E-state index contributed by atoms with van der Waals surface area (Å²) in [5, 5.41) is 3.04. The molecule has 6 nitrogen and oxygen atoms in total. The molecule has 1 amide bonds. The lowest BCUT2D eigenvalue weighted by molar-refractivity contribution is -0.144. The van der Waals surface area contributed by atoms with E-state index in [1.807, 2.05) is 81.1 Å². The van der Waals surface area contributed by atoms with Gasteiger partial charge in [-0.25, -0.2) is 0 Å². The van der Waals surface area contributed by atoms with Crippen LogP contribution in [0, 0.1) is 0 Å². The maximum Gasteiger partial charge on any atom is 0.320 e. The van der Waals surface area contributed by atoms with Crippen molar-refractivity contribution in [1.82, 2.24) is 15.1 Å². The van der Waals surface area contributed by atoms with Crippen LogP contribution in [0.25, 0.3) is 0 Å². The van der Waals surface area contributed by atoms with Crippen molar-refractivity contribution in [2.45, 2.75) is 46.3 Å². The average molecular weight is 466 g/mol. The molecule has 0 unspecified atom stereocenters. The molecule has 0 heterocycles. The molecule has 0 aliphatic rings. The fourth-order valence-electron chi connectivity index (χ4n) is 3.75. The van der Waals surface area contributed by atoms with E-state index in [0.29, 0.717) is 32.8 Å². The minimum absolute atomic E-state index is 0.0242. The maximum absolute atomic E-state index is 12.7. The van der Waals surface area contributed by atoms with E-state index >= 15 is 0 Å². The Kier molecular flexibility index (Phi) is 11.0. The predicted molar refractivity (Wildman–Crippen MR) is 137 cm³/mol. The summed E-state index contributed by atoms with van der Waals surface area (Å²) in [5.41, 5.74) is 2.88. The lowest BCUT2D eigenvalue weighted by atomic mass is 10.1. The van der Waals surface area contributed by atoms with Crippen LogP contribution >= 0.6 is 0 Å². The molecule has 2 rings (SSSR count). The van der Waals surface area contributed by atoms with E-state index in [0.717, 1.165) is 16.7 Å². The number of nitrogens with one attached hydrogen (secondary N) is 1. The minimum atomic E-state index is -0.293. The van der Waals surface area contributed by atoms with Crippen LogP contribution in [0.1, 0.15) is 38.8 Å². The van der Waals surface area contributed by atoms with Gasteiger partial charge in [0, 0.05) is 31.7 Å². The molecular formula is C28H39N3O3. The molecule has 1 N–H and O–H groups in total. The normalized spacial score (nSPS) is 11.5. The van der Waals surface area contributed by atoms with Crippen LogP contribution in [-0.2, 0) is 27.4 Å². The smallest absolute Gasteiger partial charge is 0.320 e. The first-order valence-corrected chi connectivity index (χ1v) is 11.8. The van der Waals surface area contributed by atoms with Crippen molar-refractivity contribution in [3.05, 3.63) is 83.9 Å². The Balaban J connectivity index is 2.09. The zero-order chi connectivity index (χ0) is 25.0. The highest BCUT2D eigenvalue weighted by Gasteiger charge is 2.19. The maximum atomic E-state index is 12.7. The zero-order valence-corrected chi connectivity index (χ0v) is 21.0. The highest BCUT2D eigenvalue weighted by Crippen LogP contribution is 2.11. The van der Waals surface area contributed by atoms with Gasteiger partial charge in [-0.05, 0) is 44.4 Å². The summed E-state index contributed by atoms with van der Waals surface area (Å²) in [6.07, 6.45) is 0. The quantitative estimate of drug-likeness (QED) is 0.358. The monoisotopic (exact) mass is 465 g/mol. The lowest BCUT2D eigenvalue weighted by Gasteiger charge is -2.28. The van der Waals surface area contributed by atoms with Gasteiger partial charge >= 0.3 is 5.97 Å². The second kappa shape index (κ2) is 13.7. The molecule has 0 atom stereocenters. The van der Waals surface area contributed by atoms with Crippen LogP contribution in [-0.4, -0.2) is 60.0 Å². The van der Waals surface area contributed by atoms with E-state index in [1.165, 1.54) is 0 Å². The van der Waals surface area contributed by atoms with Crippen molar-refractivity contribution in [1.29, 1.82) is 0 Å². The Labute approximate surface area is 204 Å². The van der Waals surface area contributed by atoms with Gasteiger partial charge in [-0.3, -0.25) is 19.4 Å². The molecule has 6 heteroatoms. The molecule has 2 aromatic carbocycles.